The number of carboxylic acid groups (broad SMARTS) is 1. The second kappa shape index (κ2) is 4.63. The van der Waals surface area contributed by atoms with E-state index < -0.39 is 18.0 Å². The Bertz CT molecular complexity index is 572. The fourth-order valence-corrected chi connectivity index (χ4v) is 2.90. The molecule has 1 N–H and O–H groups in total. The second-order valence-electron chi connectivity index (χ2n) is 5.06. The van der Waals surface area contributed by atoms with Crippen LogP contribution in [0.4, 0.5) is 4.79 Å². The second-order valence-corrected chi connectivity index (χ2v) is 5.06. The minimum Gasteiger partial charge on any atom is -0.480 e. The molecule has 1 aromatic rings. The fraction of sp³-hybridized carbons (Fsp3) is 0.357. The Hall–Kier alpha value is -2.37. The number of nitrogens with zero attached hydrogens (tertiary/aromatic N) is 2. The quantitative estimate of drug-likeness (QED) is 0.878. The van der Waals surface area contributed by atoms with Crippen molar-refractivity contribution in [1.29, 1.82) is 0 Å². The predicted molar refractivity (Wildman–Crippen MR) is 69.2 cm³/mol. The molecular weight excluding hydrogens is 260 g/mol. The van der Waals surface area contributed by atoms with Gasteiger partial charge in [-0.3, -0.25) is 9.69 Å². The summed E-state index contributed by atoms with van der Waals surface area (Å²) in [5.41, 5.74) is 0.446. The zero-order chi connectivity index (χ0) is 14.3. The number of benzene rings is 1. The van der Waals surface area contributed by atoms with Crippen molar-refractivity contribution in [3.05, 3.63) is 35.9 Å². The highest BCUT2D eigenvalue weighted by Gasteiger charge is 2.49. The van der Waals surface area contributed by atoms with E-state index in [0.717, 1.165) is 0 Å². The number of amides is 3. The van der Waals surface area contributed by atoms with E-state index in [2.05, 4.69) is 0 Å². The van der Waals surface area contributed by atoms with E-state index in [9.17, 15) is 14.4 Å². The normalized spacial score (nSPS) is 24.9. The van der Waals surface area contributed by atoms with Crippen LogP contribution in [0.5, 0.6) is 0 Å². The number of fused-ring (bicyclic) bond motifs is 2. The molecule has 2 heterocycles. The third-order valence-electron chi connectivity index (χ3n) is 3.90. The lowest BCUT2D eigenvalue weighted by atomic mass is 10.0. The molecule has 6 heteroatoms. The first kappa shape index (κ1) is 12.7. The first-order valence-electron chi connectivity index (χ1n) is 6.51. The van der Waals surface area contributed by atoms with E-state index in [0.29, 0.717) is 24.9 Å². The molecule has 2 aliphatic heterocycles. The molecule has 2 aliphatic rings. The highest BCUT2D eigenvalue weighted by Crippen LogP contribution is 2.31. The summed E-state index contributed by atoms with van der Waals surface area (Å²) in [4.78, 5) is 38.3. The average Bonchev–Trinajstić information content (AvgIpc) is 2.71. The Morgan fingerprint density at radius 1 is 1.15 bits per heavy atom. The van der Waals surface area contributed by atoms with E-state index in [1.165, 1.54) is 9.80 Å². The Balaban J connectivity index is 1.88. The summed E-state index contributed by atoms with van der Waals surface area (Å²) in [7, 11) is 0. The minimum atomic E-state index is -1.01. The van der Waals surface area contributed by atoms with Crippen LogP contribution < -0.4 is 0 Å². The molecule has 104 valence electrons. The number of imide groups is 1. The van der Waals surface area contributed by atoms with E-state index in [-0.39, 0.29) is 11.9 Å². The fourth-order valence-electron chi connectivity index (χ4n) is 2.90. The summed E-state index contributed by atoms with van der Waals surface area (Å²) < 4.78 is 0. The molecule has 1 aromatic carbocycles. The SMILES string of the molecule is O=C(O)[C@@H]1CC[C@@H]2CN1C(=O)N2C(=O)c1ccccc1. The molecule has 3 rings (SSSR count). The average molecular weight is 274 g/mol. The van der Waals surface area contributed by atoms with Gasteiger partial charge in [-0.25, -0.2) is 9.59 Å². The van der Waals surface area contributed by atoms with Crippen molar-refractivity contribution in [2.45, 2.75) is 24.9 Å². The molecule has 2 atom stereocenters. The molecule has 2 saturated heterocycles. The number of carbonyl (C=O) groups excluding carboxylic acids is 2. The van der Waals surface area contributed by atoms with Gasteiger partial charge in [0, 0.05) is 12.1 Å². The number of urea groups is 1. The van der Waals surface area contributed by atoms with Gasteiger partial charge in [0.05, 0.1) is 6.04 Å². The van der Waals surface area contributed by atoms with Crippen molar-refractivity contribution < 1.29 is 19.5 Å². The number of aliphatic carboxylic acids is 1. The van der Waals surface area contributed by atoms with Crippen molar-refractivity contribution >= 4 is 17.9 Å². The summed E-state index contributed by atoms with van der Waals surface area (Å²) >= 11 is 0. The molecule has 0 aliphatic carbocycles. The van der Waals surface area contributed by atoms with Crippen LogP contribution in [0.3, 0.4) is 0 Å². The molecule has 2 fully saturated rings. The molecule has 0 saturated carbocycles. The maximum Gasteiger partial charge on any atom is 0.328 e. The van der Waals surface area contributed by atoms with Crippen LogP contribution in [0.2, 0.25) is 0 Å². The van der Waals surface area contributed by atoms with Gasteiger partial charge in [0.2, 0.25) is 0 Å². The van der Waals surface area contributed by atoms with Gasteiger partial charge >= 0.3 is 12.0 Å². The van der Waals surface area contributed by atoms with Gasteiger partial charge < -0.3 is 10.0 Å². The number of carbonyl (C=O) groups is 3. The van der Waals surface area contributed by atoms with Gasteiger partial charge in [0.25, 0.3) is 5.91 Å². The maximum absolute atomic E-state index is 12.4. The molecule has 20 heavy (non-hydrogen) atoms. The molecule has 0 unspecified atom stereocenters. The van der Waals surface area contributed by atoms with Crippen molar-refractivity contribution in [2.24, 2.45) is 0 Å². The summed E-state index contributed by atoms with van der Waals surface area (Å²) in [6.45, 7) is 0.314. The third-order valence-corrected chi connectivity index (χ3v) is 3.90. The maximum atomic E-state index is 12.4. The van der Waals surface area contributed by atoms with E-state index in [1.54, 1.807) is 30.3 Å². The summed E-state index contributed by atoms with van der Waals surface area (Å²) in [6.07, 6.45) is 0.933. The number of hydrogen-bond donors (Lipinski definition) is 1. The lowest BCUT2D eigenvalue weighted by molar-refractivity contribution is -0.142. The Labute approximate surface area is 115 Å². The zero-order valence-corrected chi connectivity index (χ0v) is 10.7. The molecule has 0 spiro atoms. The number of rotatable bonds is 2. The largest absolute Gasteiger partial charge is 0.480 e. The number of piperidine rings is 1. The van der Waals surface area contributed by atoms with E-state index in [1.807, 2.05) is 0 Å². The monoisotopic (exact) mass is 274 g/mol. The summed E-state index contributed by atoms with van der Waals surface area (Å²) in [5, 5.41) is 9.12. The smallest absolute Gasteiger partial charge is 0.328 e. The van der Waals surface area contributed by atoms with Crippen LogP contribution in [0.25, 0.3) is 0 Å². The Morgan fingerprint density at radius 2 is 1.85 bits per heavy atom. The highest BCUT2D eigenvalue weighted by molar-refractivity contribution is 6.06. The van der Waals surface area contributed by atoms with Gasteiger partial charge in [-0.15, -0.1) is 0 Å². The van der Waals surface area contributed by atoms with Crippen molar-refractivity contribution in [1.82, 2.24) is 9.80 Å². The number of hydrogen-bond acceptors (Lipinski definition) is 3. The van der Waals surface area contributed by atoms with Crippen molar-refractivity contribution in [2.75, 3.05) is 6.54 Å². The van der Waals surface area contributed by atoms with Crippen LogP contribution in [-0.4, -0.2) is 51.4 Å². The van der Waals surface area contributed by atoms with Crippen molar-refractivity contribution in [3.63, 3.8) is 0 Å². The third kappa shape index (κ3) is 1.84. The van der Waals surface area contributed by atoms with Crippen molar-refractivity contribution in [3.8, 4) is 0 Å². The van der Waals surface area contributed by atoms with Crippen LogP contribution >= 0.6 is 0 Å². The molecule has 2 bridgehead atoms. The Morgan fingerprint density at radius 3 is 2.50 bits per heavy atom. The molecule has 0 aromatic heterocycles. The molecule has 0 radical (unpaired) electrons. The van der Waals surface area contributed by atoms with Crippen LogP contribution in [0.1, 0.15) is 23.2 Å². The lowest BCUT2D eigenvalue weighted by Gasteiger charge is -2.27. The number of carboxylic acids is 1. The van der Waals surface area contributed by atoms with Gasteiger partial charge in [-0.2, -0.15) is 0 Å². The molecule has 3 amide bonds. The highest BCUT2D eigenvalue weighted by atomic mass is 16.4. The Kier molecular flexibility index (Phi) is 2.93. The summed E-state index contributed by atoms with van der Waals surface area (Å²) in [5.74, 6) is -1.36. The van der Waals surface area contributed by atoms with Gasteiger partial charge in [0.1, 0.15) is 6.04 Å². The minimum absolute atomic E-state index is 0.217. The molecule has 6 nitrogen and oxygen atoms in total. The first-order valence-corrected chi connectivity index (χ1v) is 6.51. The molecular formula is C14H14N2O4. The van der Waals surface area contributed by atoms with Crippen LogP contribution in [-0.2, 0) is 4.79 Å². The van der Waals surface area contributed by atoms with Gasteiger partial charge in [-0.1, -0.05) is 18.2 Å². The summed E-state index contributed by atoms with van der Waals surface area (Å²) in [6, 6.07) is 7.06. The van der Waals surface area contributed by atoms with Crippen LogP contribution in [0.15, 0.2) is 30.3 Å². The van der Waals surface area contributed by atoms with Gasteiger partial charge in [0.15, 0.2) is 0 Å². The van der Waals surface area contributed by atoms with Gasteiger partial charge in [-0.05, 0) is 25.0 Å². The topological polar surface area (TPSA) is 77.9 Å². The van der Waals surface area contributed by atoms with E-state index in [4.69, 9.17) is 5.11 Å². The van der Waals surface area contributed by atoms with Crippen LogP contribution in [0, 0.1) is 0 Å². The lowest BCUT2D eigenvalue weighted by Crippen LogP contribution is -2.45. The van der Waals surface area contributed by atoms with E-state index >= 15 is 0 Å². The standard InChI is InChI=1S/C14H14N2O4/c17-12(9-4-2-1-3-5-9)16-10-6-7-11(13(18)19)15(8-10)14(16)20/h1-5,10-11H,6-8H2,(H,18,19)/t10-,11+/m1/s1. The predicted octanol–water partition coefficient (Wildman–Crippen LogP) is 1.18. The first-order chi connectivity index (χ1) is 9.59. The zero-order valence-electron chi connectivity index (χ0n) is 10.7.